The number of thioether (sulfide) groups is 1. The Labute approximate surface area is 114 Å². The number of carbonyl (C=O) groups excluding carboxylic acids is 1. The minimum absolute atomic E-state index is 0.0862. The van der Waals surface area contributed by atoms with E-state index < -0.39 is 0 Å². The Hall–Kier alpha value is -0.220. The number of amides is 1. The highest BCUT2D eigenvalue weighted by atomic mass is 32.2. The van der Waals surface area contributed by atoms with Crippen molar-refractivity contribution in [3.05, 3.63) is 0 Å². The van der Waals surface area contributed by atoms with Gasteiger partial charge in [0.15, 0.2) is 0 Å². The van der Waals surface area contributed by atoms with Gasteiger partial charge in [-0.15, -0.1) is 11.8 Å². The molecule has 2 aliphatic rings. The molecule has 4 heteroatoms. The summed E-state index contributed by atoms with van der Waals surface area (Å²) >= 11 is 1.78. The lowest BCUT2D eigenvalue weighted by Gasteiger charge is -2.39. The first kappa shape index (κ1) is 14.2. The maximum atomic E-state index is 12.3. The van der Waals surface area contributed by atoms with Gasteiger partial charge in [-0.05, 0) is 50.2 Å². The molecule has 1 amide bonds. The molecule has 3 nitrogen and oxygen atoms in total. The van der Waals surface area contributed by atoms with Crippen molar-refractivity contribution >= 4 is 17.7 Å². The second-order valence-electron chi connectivity index (χ2n) is 5.97. The van der Waals surface area contributed by atoms with Crippen LogP contribution in [0.15, 0.2) is 0 Å². The number of aliphatic hydroxyl groups is 1. The zero-order valence-electron chi connectivity index (χ0n) is 11.3. The van der Waals surface area contributed by atoms with E-state index in [-0.39, 0.29) is 23.3 Å². The molecule has 18 heavy (non-hydrogen) atoms. The van der Waals surface area contributed by atoms with Gasteiger partial charge >= 0.3 is 0 Å². The van der Waals surface area contributed by atoms with Crippen LogP contribution in [0, 0.1) is 5.92 Å². The lowest BCUT2D eigenvalue weighted by atomic mass is 9.77. The fourth-order valence-corrected chi connectivity index (χ4v) is 4.13. The normalized spacial score (nSPS) is 37.2. The van der Waals surface area contributed by atoms with E-state index in [1.807, 2.05) is 0 Å². The first-order chi connectivity index (χ1) is 8.65. The lowest BCUT2D eigenvalue weighted by Crippen LogP contribution is -2.55. The summed E-state index contributed by atoms with van der Waals surface area (Å²) in [5.74, 6) is 1.98. The van der Waals surface area contributed by atoms with E-state index in [9.17, 15) is 9.90 Å². The number of nitrogens with one attached hydrogen (secondary N) is 1. The van der Waals surface area contributed by atoms with Crippen molar-refractivity contribution < 1.29 is 9.90 Å². The van der Waals surface area contributed by atoms with Gasteiger partial charge in [0.25, 0.3) is 0 Å². The van der Waals surface area contributed by atoms with E-state index >= 15 is 0 Å². The van der Waals surface area contributed by atoms with Gasteiger partial charge in [0.05, 0.1) is 17.4 Å². The molecule has 0 spiro atoms. The van der Waals surface area contributed by atoms with Crippen LogP contribution in [-0.2, 0) is 4.79 Å². The molecule has 1 aliphatic carbocycles. The summed E-state index contributed by atoms with van der Waals surface area (Å²) in [7, 11) is 0. The molecule has 2 rings (SSSR count). The Morgan fingerprint density at radius 2 is 2.06 bits per heavy atom. The van der Waals surface area contributed by atoms with Gasteiger partial charge in [-0.25, -0.2) is 0 Å². The SMILES string of the molecule is CC1CCC(CO)(NC(=O)C2CCCCS2)CC1. The quantitative estimate of drug-likeness (QED) is 0.828. The molecule has 1 atom stereocenters. The van der Waals surface area contributed by atoms with Crippen molar-refractivity contribution in [1.82, 2.24) is 5.32 Å². The van der Waals surface area contributed by atoms with Crippen LogP contribution in [0.2, 0.25) is 0 Å². The zero-order chi connectivity index (χ0) is 13.0. The molecule has 104 valence electrons. The Kier molecular flexibility index (Phi) is 4.96. The van der Waals surface area contributed by atoms with E-state index in [2.05, 4.69) is 12.2 Å². The van der Waals surface area contributed by atoms with Gasteiger partial charge in [-0.3, -0.25) is 4.79 Å². The lowest BCUT2D eigenvalue weighted by molar-refractivity contribution is -0.124. The van der Waals surface area contributed by atoms with Gasteiger partial charge in [-0.2, -0.15) is 0 Å². The molecule has 2 N–H and O–H groups in total. The molecule has 1 unspecified atom stereocenters. The number of aliphatic hydroxyl groups excluding tert-OH is 1. The first-order valence-electron chi connectivity index (χ1n) is 7.20. The minimum atomic E-state index is -0.332. The summed E-state index contributed by atoms with van der Waals surface area (Å²) in [6.07, 6.45) is 7.46. The Morgan fingerprint density at radius 3 is 2.61 bits per heavy atom. The third-order valence-corrected chi connectivity index (χ3v) is 5.77. The third kappa shape index (κ3) is 3.41. The van der Waals surface area contributed by atoms with Gasteiger partial charge in [0, 0.05) is 0 Å². The predicted molar refractivity (Wildman–Crippen MR) is 75.7 cm³/mol. The van der Waals surface area contributed by atoms with Crippen molar-refractivity contribution in [1.29, 1.82) is 0 Å². The van der Waals surface area contributed by atoms with E-state index in [4.69, 9.17) is 0 Å². The highest BCUT2D eigenvalue weighted by molar-refractivity contribution is 8.00. The monoisotopic (exact) mass is 271 g/mol. The van der Waals surface area contributed by atoms with Gasteiger partial charge in [-0.1, -0.05) is 13.3 Å². The minimum Gasteiger partial charge on any atom is -0.394 e. The van der Waals surface area contributed by atoms with Crippen LogP contribution in [0.25, 0.3) is 0 Å². The second-order valence-corrected chi connectivity index (χ2v) is 7.28. The van der Waals surface area contributed by atoms with E-state index in [1.165, 1.54) is 6.42 Å². The molecule has 0 radical (unpaired) electrons. The van der Waals surface area contributed by atoms with Crippen LogP contribution in [0.4, 0.5) is 0 Å². The highest BCUT2D eigenvalue weighted by Crippen LogP contribution is 2.33. The molecule has 2 fully saturated rings. The van der Waals surface area contributed by atoms with Crippen LogP contribution < -0.4 is 5.32 Å². The molecular weight excluding hydrogens is 246 g/mol. The van der Waals surface area contributed by atoms with Crippen LogP contribution in [0.5, 0.6) is 0 Å². The van der Waals surface area contributed by atoms with E-state index in [1.54, 1.807) is 11.8 Å². The summed E-state index contributed by atoms with van der Waals surface area (Å²) in [5.41, 5.74) is -0.332. The maximum absolute atomic E-state index is 12.3. The average Bonchev–Trinajstić information content (AvgIpc) is 2.43. The van der Waals surface area contributed by atoms with Crippen LogP contribution in [0.1, 0.15) is 51.9 Å². The Bertz CT molecular complexity index is 282. The van der Waals surface area contributed by atoms with Crippen molar-refractivity contribution in [2.24, 2.45) is 5.92 Å². The molecule has 0 bridgehead atoms. The zero-order valence-corrected chi connectivity index (χ0v) is 12.1. The number of hydrogen-bond donors (Lipinski definition) is 2. The van der Waals surface area contributed by atoms with Crippen molar-refractivity contribution in [3.63, 3.8) is 0 Å². The van der Waals surface area contributed by atoms with Crippen LogP contribution in [-0.4, -0.2) is 34.2 Å². The summed E-state index contributed by atoms with van der Waals surface area (Å²) in [4.78, 5) is 12.3. The predicted octanol–water partition coefficient (Wildman–Crippen LogP) is 2.33. The molecule has 1 saturated carbocycles. The van der Waals surface area contributed by atoms with Gasteiger partial charge < -0.3 is 10.4 Å². The molecule has 0 aromatic heterocycles. The maximum Gasteiger partial charge on any atom is 0.233 e. The summed E-state index contributed by atoms with van der Waals surface area (Å²) < 4.78 is 0. The Balaban J connectivity index is 1.90. The summed E-state index contributed by atoms with van der Waals surface area (Å²) in [6, 6.07) is 0. The van der Waals surface area contributed by atoms with Crippen molar-refractivity contribution in [3.8, 4) is 0 Å². The molecule has 0 aromatic rings. The Morgan fingerprint density at radius 1 is 1.33 bits per heavy atom. The van der Waals surface area contributed by atoms with Crippen molar-refractivity contribution in [2.45, 2.75) is 62.7 Å². The molecular formula is C14H25NO2S. The fourth-order valence-electron chi connectivity index (χ4n) is 2.93. The van der Waals surface area contributed by atoms with Crippen LogP contribution >= 0.6 is 11.8 Å². The second kappa shape index (κ2) is 6.29. The highest BCUT2D eigenvalue weighted by Gasteiger charge is 2.36. The van der Waals surface area contributed by atoms with E-state index in [0.717, 1.165) is 50.2 Å². The number of carbonyl (C=O) groups is 1. The smallest absolute Gasteiger partial charge is 0.233 e. The molecule has 1 aliphatic heterocycles. The van der Waals surface area contributed by atoms with Gasteiger partial charge in [0.2, 0.25) is 5.91 Å². The molecule has 0 aromatic carbocycles. The third-order valence-electron chi connectivity index (χ3n) is 4.39. The van der Waals surface area contributed by atoms with Crippen LogP contribution in [0.3, 0.4) is 0 Å². The first-order valence-corrected chi connectivity index (χ1v) is 8.24. The number of hydrogen-bond acceptors (Lipinski definition) is 3. The summed E-state index contributed by atoms with van der Waals surface area (Å²) in [6.45, 7) is 2.34. The number of rotatable bonds is 3. The summed E-state index contributed by atoms with van der Waals surface area (Å²) in [5, 5.41) is 12.9. The van der Waals surface area contributed by atoms with Crippen molar-refractivity contribution in [2.75, 3.05) is 12.4 Å². The van der Waals surface area contributed by atoms with Gasteiger partial charge in [0.1, 0.15) is 0 Å². The fraction of sp³-hybridized carbons (Fsp3) is 0.929. The standard InChI is InChI=1S/C14H25NO2S/c1-11-5-7-14(10-16,8-6-11)15-13(17)12-4-2-3-9-18-12/h11-12,16H,2-10H2,1H3,(H,15,17). The topological polar surface area (TPSA) is 49.3 Å². The largest absolute Gasteiger partial charge is 0.394 e. The average molecular weight is 271 g/mol. The molecule has 1 heterocycles. The van der Waals surface area contributed by atoms with E-state index in [0.29, 0.717) is 0 Å². The molecule has 1 saturated heterocycles.